The number of carbonyl (C=O) groups is 1. The van der Waals surface area contributed by atoms with Gasteiger partial charge in [-0.3, -0.25) is 9.35 Å². The molecule has 3 aromatic rings. The van der Waals surface area contributed by atoms with E-state index in [1.165, 1.54) is 12.1 Å². The largest absolute Gasteiger partial charge is 0.493 e. The molecule has 5 rings (SSSR count). The quantitative estimate of drug-likeness (QED) is 0.246. The number of aromatic nitrogens is 2. The van der Waals surface area contributed by atoms with E-state index in [0.29, 0.717) is 47.2 Å². The number of amides is 1. The average molecular weight is 676 g/mol. The zero-order valence-corrected chi connectivity index (χ0v) is 28.0. The molecule has 3 heterocycles. The monoisotopic (exact) mass is 675 g/mol. The van der Waals surface area contributed by atoms with E-state index in [1.54, 1.807) is 31.2 Å². The van der Waals surface area contributed by atoms with Crippen molar-refractivity contribution >= 4 is 22.0 Å². The number of likely N-dealkylation sites (tertiary alicyclic amines) is 1. The van der Waals surface area contributed by atoms with Gasteiger partial charge in [0.15, 0.2) is 5.82 Å². The van der Waals surface area contributed by atoms with Crippen LogP contribution in [0.4, 0.5) is 14.8 Å². The van der Waals surface area contributed by atoms with Gasteiger partial charge in [-0.25, -0.2) is 8.78 Å². The van der Waals surface area contributed by atoms with Crippen molar-refractivity contribution in [2.45, 2.75) is 76.2 Å². The van der Waals surface area contributed by atoms with Crippen LogP contribution < -0.4 is 15.4 Å². The number of rotatable bonds is 11. The van der Waals surface area contributed by atoms with Gasteiger partial charge >= 0.3 is 6.01 Å². The van der Waals surface area contributed by atoms with Crippen molar-refractivity contribution in [3.63, 3.8) is 0 Å². The van der Waals surface area contributed by atoms with Crippen molar-refractivity contribution in [1.29, 1.82) is 0 Å². The Morgan fingerprint density at radius 2 is 1.85 bits per heavy atom. The van der Waals surface area contributed by atoms with E-state index >= 15 is 0 Å². The van der Waals surface area contributed by atoms with Crippen LogP contribution in [0.2, 0.25) is 0 Å². The normalized spacial score (nSPS) is 18.5. The van der Waals surface area contributed by atoms with Crippen LogP contribution in [-0.4, -0.2) is 72.6 Å². The van der Waals surface area contributed by atoms with Gasteiger partial charge in [-0.15, -0.1) is 0 Å². The van der Waals surface area contributed by atoms with Crippen molar-refractivity contribution in [1.82, 2.24) is 15.0 Å². The molecule has 256 valence electrons. The van der Waals surface area contributed by atoms with E-state index in [2.05, 4.69) is 22.0 Å². The summed E-state index contributed by atoms with van der Waals surface area (Å²) >= 11 is 0. The van der Waals surface area contributed by atoms with Gasteiger partial charge in [-0.2, -0.15) is 13.4 Å². The lowest BCUT2D eigenvalue weighted by atomic mass is 9.84. The summed E-state index contributed by atoms with van der Waals surface area (Å²) in [5.41, 5.74) is 7.80. The summed E-state index contributed by atoms with van der Waals surface area (Å²) < 4.78 is 74.1. The van der Waals surface area contributed by atoms with Gasteiger partial charge in [0.25, 0.3) is 16.0 Å². The Morgan fingerprint density at radius 1 is 1.13 bits per heavy atom. The summed E-state index contributed by atoms with van der Waals surface area (Å²) in [5.74, 6) is -1.61. The predicted molar refractivity (Wildman–Crippen MR) is 172 cm³/mol. The van der Waals surface area contributed by atoms with Crippen molar-refractivity contribution < 1.29 is 35.8 Å². The minimum atomic E-state index is -4.63. The summed E-state index contributed by atoms with van der Waals surface area (Å²) in [6, 6.07) is 8.50. The number of aryl methyl sites for hydroxylation is 1. The highest BCUT2D eigenvalue weighted by Gasteiger charge is 2.41. The van der Waals surface area contributed by atoms with Crippen molar-refractivity contribution in [3.05, 3.63) is 53.3 Å². The van der Waals surface area contributed by atoms with Gasteiger partial charge in [0, 0.05) is 43.1 Å². The average Bonchev–Trinajstić information content (AvgIpc) is 3.67. The first-order chi connectivity index (χ1) is 22.1. The van der Waals surface area contributed by atoms with Crippen LogP contribution in [0.5, 0.6) is 5.75 Å². The second-order valence-corrected chi connectivity index (χ2v) is 14.5. The molecule has 2 aromatic carbocycles. The molecule has 0 saturated carbocycles. The number of anilines is 1. The minimum Gasteiger partial charge on any atom is -0.493 e. The second kappa shape index (κ2) is 13.9. The molecule has 2 atom stereocenters. The molecule has 47 heavy (non-hydrogen) atoms. The number of carbonyl (C=O) groups excluding carboxylic acids is 1. The molecule has 2 saturated heterocycles. The van der Waals surface area contributed by atoms with E-state index < -0.39 is 41.0 Å². The molecule has 2 aliphatic rings. The van der Waals surface area contributed by atoms with E-state index in [4.69, 9.17) is 15.0 Å². The fraction of sp³-hybridized carbons (Fsp3) is 0.545. The Bertz CT molecular complexity index is 1690. The number of alkyl halides is 2. The molecule has 0 spiro atoms. The molecule has 3 N–H and O–H groups in total. The summed E-state index contributed by atoms with van der Waals surface area (Å²) in [5, 5.41) is 4.07. The SMILES string of the molecule is Cc1ccc(S(=O)(=O)O)c(-c2cc(C(N)C(=O)N3CCC(F)(F)C3)ccc2OCC[C@@H](C)C2CCN(c3nc(C(C)C)no3)CC2)c1. The lowest BCUT2D eigenvalue weighted by Crippen LogP contribution is -2.38. The van der Waals surface area contributed by atoms with Gasteiger partial charge < -0.3 is 24.8 Å². The first kappa shape index (κ1) is 34.7. The van der Waals surface area contributed by atoms with Crippen molar-refractivity contribution in [2.75, 3.05) is 37.7 Å². The van der Waals surface area contributed by atoms with Crippen LogP contribution in [0.3, 0.4) is 0 Å². The van der Waals surface area contributed by atoms with Crippen molar-refractivity contribution in [3.8, 4) is 16.9 Å². The number of ether oxygens (including phenoxy) is 1. The fourth-order valence-electron chi connectivity index (χ4n) is 6.26. The Labute approximate surface area is 274 Å². The van der Waals surface area contributed by atoms with E-state index in [-0.39, 0.29) is 22.9 Å². The number of hydrogen-bond donors (Lipinski definition) is 2. The molecule has 0 aliphatic carbocycles. The molecule has 1 amide bonds. The van der Waals surface area contributed by atoms with E-state index in [9.17, 15) is 26.5 Å². The maximum Gasteiger partial charge on any atom is 0.324 e. The highest BCUT2D eigenvalue weighted by molar-refractivity contribution is 7.86. The minimum absolute atomic E-state index is 0.106. The molecule has 2 aliphatic heterocycles. The maximum absolute atomic E-state index is 13.8. The Balaban J connectivity index is 1.31. The maximum atomic E-state index is 13.8. The third kappa shape index (κ3) is 8.10. The topological polar surface area (TPSA) is 152 Å². The fourth-order valence-corrected chi connectivity index (χ4v) is 6.95. The lowest BCUT2D eigenvalue weighted by molar-refractivity contribution is -0.133. The highest BCUT2D eigenvalue weighted by atomic mass is 32.2. The number of piperidine rings is 1. The number of nitrogens with zero attached hydrogens (tertiary/aromatic N) is 4. The molecule has 11 nitrogen and oxygen atoms in total. The first-order valence-corrected chi connectivity index (χ1v) is 17.4. The zero-order valence-electron chi connectivity index (χ0n) is 27.2. The third-order valence-corrected chi connectivity index (χ3v) is 10.1. The second-order valence-electron chi connectivity index (χ2n) is 13.1. The summed E-state index contributed by atoms with van der Waals surface area (Å²) in [6.07, 6.45) is 2.21. The standard InChI is InChI=1S/C33H43F2N5O6S/c1-20(2)30-37-32(46-38-30)39-13-9-23(10-14-39)22(4)11-16-45-27-7-6-24(29(36)31(41)40-15-12-33(34,35)19-40)18-25(27)26-17-21(3)5-8-28(26)47(42,43)44/h5-8,17-18,20,22-23,29H,9-16,19,36H2,1-4H3,(H,42,43,44)/t22-,29?/m1/s1. The smallest absolute Gasteiger partial charge is 0.324 e. The summed E-state index contributed by atoms with van der Waals surface area (Å²) in [6.45, 7) is 9.13. The number of nitrogens with two attached hydrogens (primary N) is 1. The van der Waals surface area contributed by atoms with Crippen LogP contribution in [0.15, 0.2) is 45.8 Å². The number of halogens is 2. The van der Waals surface area contributed by atoms with Crippen LogP contribution in [0.1, 0.15) is 75.4 Å². The predicted octanol–water partition coefficient (Wildman–Crippen LogP) is 5.60. The molecular formula is C33H43F2N5O6S. The molecule has 0 radical (unpaired) electrons. The van der Waals surface area contributed by atoms with Gasteiger partial charge in [0.1, 0.15) is 16.7 Å². The van der Waals surface area contributed by atoms with Crippen LogP contribution in [0.25, 0.3) is 11.1 Å². The molecule has 14 heteroatoms. The lowest BCUT2D eigenvalue weighted by Gasteiger charge is -2.33. The Morgan fingerprint density at radius 3 is 2.47 bits per heavy atom. The molecule has 1 unspecified atom stereocenters. The van der Waals surface area contributed by atoms with Gasteiger partial charge in [-0.05, 0) is 67.9 Å². The number of hydrogen-bond acceptors (Lipinski definition) is 9. The molecule has 1 aromatic heterocycles. The summed E-state index contributed by atoms with van der Waals surface area (Å²) in [4.78, 5) is 20.4. The Kier molecular flexibility index (Phi) is 10.2. The first-order valence-electron chi connectivity index (χ1n) is 16.0. The van der Waals surface area contributed by atoms with Gasteiger partial charge in [-0.1, -0.05) is 43.6 Å². The highest BCUT2D eigenvalue weighted by Crippen LogP contribution is 2.38. The van der Waals surface area contributed by atoms with E-state index in [1.807, 2.05) is 13.8 Å². The van der Waals surface area contributed by atoms with Crippen LogP contribution in [0, 0.1) is 18.8 Å². The summed E-state index contributed by atoms with van der Waals surface area (Å²) in [7, 11) is -4.63. The molecular weight excluding hydrogens is 632 g/mol. The third-order valence-electron chi connectivity index (χ3n) is 9.21. The zero-order chi connectivity index (χ0) is 34.1. The number of benzene rings is 2. The van der Waals surface area contributed by atoms with Crippen molar-refractivity contribution in [2.24, 2.45) is 17.6 Å². The van der Waals surface area contributed by atoms with Gasteiger partial charge in [0.2, 0.25) is 5.91 Å². The Hall–Kier alpha value is -3.62. The molecule has 2 fully saturated rings. The van der Waals surface area contributed by atoms with Crippen LogP contribution in [-0.2, 0) is 14.9 Å². The van der Waals surface area contributed by atoms with E-state index in [0.717, 1.165) is 42.8 Å². The van der Waals surface area contributed by atoms with Gasteiger partial charge in [0.05, 0.1) is 13.2 Å². The molecule has 0 bridgehead atoms. The van der Waals surface area contributed by atoms with Crippen LogP contribution >= 0.6 is 0 Å².